The molecule has 1 aliphatic heterocycles. The fraction of sp³-hybridized carbons (Fsp3) is 0.250. The van der Waals surface area contributed by atoms with Crippen LogP contribution in [0.2, 0.25) is 0 Å². The molecule has 0 radical (unpaired) electrons. The Morgan fingerprint density at radius 3 is 2.60 bits per heavy atom. The minimum Gasteiger partial charge on any atom is -0.457 e. The molecule has 0 unspecified atom stereocenters. The minimum atomic E-state index is -0.635. The average molecular weight is 581 g/mol. The zero-order valence-electron chi connectivity index (χ0n) is 24.5. The summed E-state index contributed by atoms with van der Waals surface area (Å²) in [6.07, 6.45) is 6.17. The van der Waals surface area contributed by atoms with E-state index < -0.39 is 11.8 Å². The van der Waals surface area contributed by atoms with E-state index in [0.717, 1.165) is 36.5 Å². The first-order valence-electron chi connectivity index (χ1n) is 14.1. The van der Waals surface area contributed by atoms with Crippen LogP contribution in [0.3, 0.4) is 0 Å². The number of hydrogen-bond donors (Lipinski definition) is 2. The lowest BCUT2D eigenvalue weighted by atomic mass is 9.99. The summed E-state index contributed by atoms with van der Waals surface area (Å²) in [7, 11) is 3.93. The molecule has 0 aliphatic carbocycles. The van der Waals surface area contributed by atoms with Gasteiger partial charge in [0.05, 0.1) is 29.0 Å². The standard InChI is InChI=1S/C32H33FN8O2/c1-20(2)29-16-31(41(38-29)24-6-5-21-10-12-39(3)18-22(21)13-24)37-32(42)36-28-8-7-25(14-27(28)33)43-26-9-11-34-30(15-26)23-17-35-40(4)19-23/h5-9,11,13-17,19-20H,10,12,18H2,1-4H3,(H2,36,37,42). The Morgan fingerprint density at radius 2 is 1.84 bits per heavy atom. The Kier molecular flexibility index (Phi) is 7.64. The van der Waals surface area contributed by atoms with Crippen LogP contribution in [-0.4, -0.2) is 49.1 Å². The molecule has 43 heavy (non-hydrogen) atoms. The number of benzene rings is 2. The molecule has 2 N–H and O–H groups in total. The number of hydrogen-bond acceptors (Lipinski definition) is 6. The van der Waals surface area contributed by atoms with Crippen molar-refractivity contribution < 1.29 is 13.9 Å². The third-order valence-corrected chi connectivity index (χ3v) is 7.36. The van der Waals surface area contributed by atoms with Gasteiger partial charge in [-0.3, -0.25) is 15.0 Å². The number of nitrogens with zero attached hydrogens (tertiary/aromatic N) is 6. The number of carbonyl (C=O) groups excluding carboxylic acids is 1. The van der Waals surface area contributed by atoms with Crippen molar-refractivity contribution in [1.29, 1.82) is 0 Å². The lowest BCUT2D eigenvalue weighted by Gasteiger charge is -2.25. The monoisotopic (exact) mass is 580 g/mol. The number of amides is 2. The molecular weight excluding hydrogens is 547 g/mol. The van der Waals surface area contributed by atoms with Crippen molar-refractivity contribution in [2.45, 2.75) is 32.7 Å². The third-order valence-electron chi connectivity index (χ3n) is 7.36. The number of fused-ring (bicyclic) bond motifs is 1. The summed E-state index contributed by atoms with van der Waals surface area (Å²) >= 11 is 0. The first-order valence-corrected chi connectivity index (χ1v) is 14.1. The summed E-state index contributed by atoms with van der Waals surface area (Å²) in [6.45, 7) is 5.97. The molecule has 11 heteroatoms. The third kappa shape index (κ3) is 6.26. The van der Waals surface area contributed by atoms with E-state index in [1.165, 1.54) is 23.3 Å². The van der Waals surface area contributed by atoms with Gasteiger partial charge in [0, 0.05) is 56.3 Å². The number of rotatable bonds is 7. The lowest BCUT2D eigenvalue weighted by molar-refractivity contribution is 0.262. The van der Waals surface area contributed by atoms with Gasteiger partial charge < -0.3 is 15.0 Å². The van der Waals surface area contributed by atoms with Crippen molar-refractivity contribution in [1.82, 2.24) is 29.4 Å². The summed E-state index contributed by atoms with van der Waals surface area (Å²) < 4.78 is 24.4. The Labute approximate surface area is 249 Å². The van der Waals surface area contributed by atoms with E-state index in [-0.39, 0.29) is 17.4 Å². The Bertz CT molecular complexity index is 1790. The van der Waals surface area contributed by atoms with E-state index in [4.69, 9.17) is 9.84 Å². The van der Waals surface area contributed by atoms with Crippen LogP contribution in [0.1, 0.15) is 36.6 Å². The van der Waals surface area contributed by atoms with E-state index in [1.807, 2.05) is 39.2 Å². The minimum absolute atomic E-state index is 0.0163. The highest BCUT2D eigenvalue weighted by Crippen LogP contribution is 2.29. The molecule has 1 aliphatic rings. The summed E-state index contributed by atoms with van der Waals surface area (Å²) in [4.78, 5) is 19.7. The van der Waals surface area contributed by atoms with Crippen molar-refractivity contribution in [3.05, 3.63) is 95.8 Å². The van der Waals surface area contributed by atoms with Gasteiger partial charge in [-0.15, -0.1) is 0 Å². The van der Waals surface area contributed by atoms with Crippen LogP contribution in [-0.2, 0) is 20.0 Å². The number of anilines is 2. The van der Waals surface area contributed by atoms with Gasteiger partial charge in [-0.25, -0.2) is 13.9 Å². The highest BCUT2D eigenvalue weighted by molar-refractivity contribution is 5.99. The highest BCUT2D eigenvalue weighted by atomic mass is 19.1. The van der Waals surface area contributed by atoms with E-state index in [1.54, 1.807) is 40.0 Å². The number of likely N-dealkylation sites (N-methyl/N-ethyl adjacent to an activating group) is 1. The second kappa shape index (κ2) is 11.7. The fourth-order valence-electron chi connectivity index (χ4n) is 5.04. The predicted molar refractivity (Wildman–Crippen MR) is 163 cm³/mol. The zero-order valence-corrected chi connectivity index (χ0v) is 24.5. The maximum absolute atomic E-state index is 15.1. The van der Waals surface area contributed by atoms with E-state index >= 15 is 4.39 Å². The molecule has 220 valence electrons. The number of halogens is 1. The molecule has 5 aromatic rings. The molecule has 0 saturated heterocycles. The molecule has 0 spiro atoms. The molecule has 10 nitrogen and oxygen atoms in total. The van der Waals surface area contributed by atoms with Crippen LogP contribution in [0, 0.1) is 5.82 Å². The molecule has 0 saturated carbocycles. The molecule has 0 atom stereocenters. The molecule has 6 rings (SSSR count). The summed E-state index contributed by atoms with van der Waals surface area (Å²) in [5, 5.41) is 14.4. The average Bonchev–Trinajstić information content (AvgIpc) is 3.61. The van der Waals surface area contributed by atoms with Gasteiger partial charge in [-0.05, 0) is 60.8 Å². The largest absolute Gasteiger partial charge is 0.457 e. The quantitative estimate of drug-likeness (QED) is 0.233. The summed E-state index contributed by atoms with van der Waals surface area (Å²) in [6, 6.07) is 15.2. The molecule has 0 fully saturated rings. The van der Waals surface area contributed by atoms with Crippen LogP contribution >= 0.6 is 0 Å². The second-order valence-electron chi connectivity index (χ2n) is 11.1. The van der Waals surface area contributed by atoms with Gasteiger partial charge in [0.2, 0.25) is 0 Å². The van der Waals surface area contributed by atoms with Crippen molar-refractivity contribution in [3.63, 3.8) is 0 Å². The van der Waals surface area contributed by atoms with Gasteiger partial charge in [0.15, 0.2) is 0 Å². The number of aryl methyl sites for hydroxylation is 1. The fourth-order valence-corrected chi connectivity index (χ4v) is 5.04. The number of pyridine rings is 1. The van der Waals surface area contributed by atoms with Crippen LogP contribution in [0.4, 0.5) is 20.7 Å². The molecule has 0 bridgehead atoms. The summed E-state index contributed by atoms with van der Waals surface area (Å²) in [5.41, 5.74) is 5.79. The summed E-state index contributed by atoms with van der Waals surface area (Å²) in [5.74, 6) is 0.788. The van der Waals surface area contributed by atoms with E-state index in [9.17, 15) is 4.79 Å². The van der Waals surface area contributed by atoms with Crippen LogP contribution in [0.15, 0.2) is 73.2 Å². The van der Waals surface area contributed by atoms with Gasteiger partial charge in [-0.2, -0.15) is 10.2 Å². The number of nitrogens with one attached hydrogen (secondary N) is 2. The Balaban J connectivity index is 1.17. The first-order chi connectivity index (χ1) is 20.7. The van der Waals surface area contributed by atoms with E-state index in [0.29, 0.717) is 17.3 Å². The first kappa shape index (κ1) is 28.1. The van der Waals surface area contributed by atoms with Crippen molar-refractivity contribution >= 4 is 17.5 Å². The Morgan fingerprint density at radius 1 is 1.00 bits per heavy atom. The smallest absolute Gasteiger partial charge is 0.324 e. The maximum Gasteiger partial charge on any atom is 0.324 e. The number of urea groups is 1. The maximum atomic E-state index is 15.1. The van der Waals surface area contributed by atoms with Gasteiger partial charge in [-0.1, -0.05) is 19.9 Å². The number of carbonyl (C=O) groups is 1. The predicted octanol–water partition coefficient (Wildman–Crippen LogP) is 6.35. The lowest BCUT2D eigenvalue weighted by Crippen LogP contribution is -2.26. The van der Waals surface area contributed by atoms with Crippen molar-refractivity contribution in [3.8, 4) is 28.4 Å². The molecule has 2 amide bonds. The van der Waals surface area contributed by atoms with Gasteiger partial charge in [0.25, 0.3) is 0 Å². The normalized spacial score (nSPS) is 13.2. The van der Waals surface area contributed by atoms with Crippen LogP contribution in [0.25, 0.3) is 16.9 Å². The van der Waals surface area contributed by atoms with Gasteiger partial charge in [0.1, 0.15) is 23.1 Å². The molecular formula is C32H33FN8O2. The van der Waals surface area contributed by atoms with Crippen molar-refractivity contribution in [2.75, 3.05) is 24.2 Å². The number of ether oxygens (including phenoxy) is 1. The van der Waals surface area contributed by atoms with Crippen LogP contribution < -0.4 is 15.4 Å². The molecule has 2 aromatic carbocycles. The number of aromatic nitrogens is 5. The van der Waals surface area contributed by atoms with Gasteiger partial charge >= 0.3 is 6.03 Å². The SMILES string of the molecule is CC(C)c1cc(NC(=O)Nc2ccc(Oc3ccnc(-c4cnn(C)c4)c3)cc2F)n(-c2ccc3c(c2)CN(C)CC3)n1. The Hall–Kier alpha value is -5.03. The van der Waals surface area contributed by atoms with Crippen LogP contribution in [0.5, 0.6) is 11.5 Å². The topological polar surface area (TPSA) is 102 Å². The van der Waals surface area contributed by atoms with Crippen molar-refractivity contribution in [2.24, 2.45) is 7.05 Å². The molecule has 3 aromatic heterocycles. The zero-order chi connectivity index (χ0) is 30.1. The molecule has 4 heterocycles. The highest BCUT2D eigenvalue weighted by Gasteiger charge is 2.19. The second-order valence-corrected chi connectivity index (χ2v) is 11.1. The van der Waals surface area contributed by atoms with E-state index in [2.05, 4.69) is 44.8 Å².